The van der Waals surface area contributed by atoms with Crippen LogP contribution in [0.25, 0.3) is 0 Å². The second-order valence-corrected chi connectivity index (χ2v) is 6.78. The molecule has 1 atom stereocenters. The van der Waals surface area contributed by atoms with Crippen molar-refractivity contribution in [1.29, 1.82) is 0 Å². The number of ether oxygens (including phenoxy) is 1. The van der Waals surface area contributed by atoms with E-state index in [2.05, 4.69) is 26.1 Å². The van der Waals surface area contributed by atoms with E-state index >= 15 is 0 Å². The summed E-state index contributed by atoms with van der Waals surface area (Å²) in [5, 5.41) is 7.02. The van der Waals surface area contributed by atoms with E-state index in [0.717, 1.165) is 21.4 Å². The topological polar surface area (TPSA) is 72.0 Å². The summed E-state index contributed by atoms with van der Waals surface area (Å²) in [7, 11) is 0. The highest BCUT2D eigenvalue weighted by Gasteiger charge is 2.20. The second kappa shape index (κ2) is 8.24. The maximum absolute atomic E-state index is 12.2. The van der Waals surface area contributed by atoms with Gasteiger partial charge in [0.25, 0.3) is 0 Å². The molecule has 0 aliphatic heterocycles. The molecule has 0 aliphatic carbocycles. The Labute approximate surface area is 149 Å². The number of halogens is 1. The van der Waals surface area contributed by atoms with Gasteiger partial charge in [-0.15, -0.1) is 0 Å². The largest absolute Gasteiger partial charge is 0.465 e. The average Bonchev–Trinajstić information content (AvgIpc) is 2.86. The molecule has 24 heavy (non-hydrogen) atoms. The van der Waals surface area contributed by atoms with Crippen molar-refractivity contribution < 1.29 is 14.3 Å². The fraction of sp³-hybridized carbons (Fsp3) is 0.389. The van der Waals surface area contributed by atoms with Gasteiger partial charge in [0.15, 0.2) is 5.78 Å². The van der Waals surface area contributed by atoms with Gasteiger partial charge in [0.1, 0.15) is 0 Å². The molecule has 5 nitrogen and oxygen atoms in total. The number of hydrogen-bond acceptors (Lipinski definition) is 4. The second-order valence-electron chi connectivity index (χ2n) is 5.87. The monoisotopic (exact) mass is 392 g/mol. The van der Waals surface area contributed by atoms with Crippen LogP contribution >= 0.6 is 15.9 Å². The summed E-state index contributed by atoms with van der Waals surface area (Å²) in [6.07, 6.45) is 0.755. The van der Waals surface area contributed by atoms with Crippen LogP contribution in [0.4, 0.5) is 0 Å². The smallest absolute Gasteiger partial charge is 0.309 e. The lowest BCUT2D eigenvalue weighted by atomic mass is 10.00. The summed E-state index contributed by atoms with van der Waals surface area (Å²) >= 11 is 3.34. The van der Waals surface area contributed by atoms with Crippen LogP contribution in [0.2, 0.25) is 0 Å². The minimum absolute atomic E-state index is 0.0673. The Morgan fingerprint density at radius 3 is 2.71 bits per heavy atom. The molecule has 128 valence electrons. The van der Waals surface area contributed by atoms with Crippen molar-refractivity contribution in [3.8, 4) is 0 Å². The minimum atomic E-state index is -0.469. The van der Waals surface area contributed by atoms with Crippen molar-refractivity contribution in [2.45, 2.75) is 33.6 Å². The third-order valence-electron chi connectivity index (χ3n) is 3.92. The summed E-state index contributed by atoms with van der Waals surface area (Å²) in [6, 6.07) is 7.16. The van der Waals surface area contributed by atoms with Crippen LogP contribution in [0, 0.1) is 19.8 Å². The molecule has 2 rings (SSSR count). The minimum Gasteiger partial charge on any atom is -0.465 e. The summed E-state index contributed by atoms with van der Waals surface area (Å²) in [6.45, 7) is 5.86. The highest BCUT2D eigenvalue weighted by atomic mass is 79.9. The Morgan fingerprint density at radius 1 is 1.33 bits per heavy atom. The Kier molecular flexibility index (Phi) is 6.31. The molecular weight excluding hydrogens is 372 g/mol. The number of Topliss-reactive ketones (excluding diaryl/α,β-unsaturated/α-hetero) is 1. The van der Waals surface area contributed by atoms with Gasteiger partial charge in [0.2, 0.25) is 0 Å². The normalized spacial score (nSPS) is 12.0. The van der Waals surface area contributed by atoms with E-state index in [-0.39, 0.29) is 24.8 Å². The summed E-state index contributed by atoms with van der Waals surface area (Å²) in [5.74, 6) is -0.887. The van der Waals surface area contributed by atoms with Crippen LogP contribution in [-0.4, -0.2) is 28.6 Å². The number of hydrogen-bond donors (Lipinski definition) is 1. The van der Waals surface area contributed by atoms with Crippen molar-refractivity contribution in [2.75, 3.05) is 6.61 Å². The first-order chi connectivity index (χ1) is 11.4. The van der Waals surface area contributed by atoms with Gasteiger partial charge < -0.3 is 4.74 Å². The van der Waals surface area contributed by atoms with Gasteiger partial charge in [-0.2, -0.15) is 5.10 Å². The lowest BCUT2D eigenvalue weighted by molar-refractivity contribution is -0.147. The number of aryl methyl sites for hydroxylation is 2. The molecule has 0 aliphatic rings. The predicted octanol–water partition coefficient (Wildman–Crippen LogP) is 3.78. The van der Waals surface area contributed by atoms with Crippen LogP contribution in [0.5, 0.6) is 0 Å². The Bertz CT molecular complexity index is 720. The molecule has 1 aromatic carbocycles. The van der Waals surface area contributed by atoms with E-state index in [0.29, 0.717) is 12.0 Å². The van der Waals surface area contributed by atoms with Gasteiger partial charge in [-0.25, -0.2) is 0 Å². The SMILES string of the molecule is Cc1n[nH]c(C)c1CCOC(=O)[C@H](C)CC(=O)c1cccc(Br)c1. The van der Waals surface area contributed by atoms with Crippen molar-refractivity contribution in [2.24, 2.45) is 5.92 Å². The molecule has 0 unspecified atom stereocenters. The molecular formula is C18H21BrN2O3. The van der Waals surface area contributed by atoms with Crippen LogP contribution in [0.1, 0.15) is 40.7 Å². The maximum atomic E-state index is 12.2. The number of esters is 1. The van der Waals surface area contributed by atoms with E-state index in [1.165, 1.54) is 0 Å². The molecule has 0 bridgehead atoms. The number of carbonyl (C=O) groups is 2. The van der Waals surface area contributed by atoms with Gasteiger partial charge in [-0.05, 0) is 31.5 Å². The van der Waals surface area contributed by atoms with Crippen LogP contribution in [-0.2, 0) is 16.0 Å². The van der Waals surface area contributed by atoms with Gasteiger partial charge in [-0.1, -0.05) is 35.0 Å². The third-order valence-corrected chi connectivity index (χ3v) is 4.41. The molecule has 0 spiro atoms. The predicted molar refractivity (Wildman–Crippen MR) is 95.0 cm³/mol. The van der Waals surface area contributed by atoms with Gasteiger partial charge >= 0.3 is 5.97 Å². The lowest BCUT2D eigenvalue weighted by Gasteiger charge is -2.11. The summed E-state index contributed by atoms with van der Waals surface area (Å²) < 4.78 is 6.15. The number of aromatic nitrogens is 2. The molecule has 0 saturated heterocycles. The van der Waals surface area contributed by atoms with E-state index in [4.69, 9.17) is 4.74 Å². The number of rotatable bonds is 7. The average molecular weight is 393 g/mol. The number of carbonyl (C=O) groups excluding carboxylic acids is 2. The zero-order valence-electron chi connectivity index (χ0n) is 14.1. The van der Waals surface area contributed by atoms with Crippen LogP contribution in [0.3, 0.4) is 0 Å². The van der Waals surface area contributed by atoms with Gasteiger partial charge in [-0.3, -0.25) is 14.7 Å². The number of ketones is 1. The molecule has 1 heterocycles. The lowest BCUT2D eigenvalue weighted by Crippen LogP contribution is -2.19. The fourth-order valence-electron chi connectivity index (χ4n) is 2.48. The number of nitrogens with zero attached hydrogens (tertiary/aromatic N) is 1. The summed E-state index contributed by atoms with van der Waals surface area (Å²) in [5.41, 5.74) is 3.57. The molecule has 0 amide bonds. The van der Waals surface area contributed by atoms with E-state index in [1.54, 1.807) is 25.1 Å². The first kappa shape index (κ1) is 18.4. The number of benzene rings is 1. The molecule has 1 N–H and O–H groups in total. The Balaban J connectivity index is 1.83. The van der Waals surface area contributed by atoms with Gasteiger partial charge in [0.05, 0.1) is 18.2 Å². The number of nitrogens with one attached hydrogen (secondary N) is 1. The zero-order valence-corrected chi connectivity index (χ0v) is 15.6. The van der Waals surface area contributed by atoms with Crippen molar-refractivity contribution in [1.82, 2.24) is 10.2 Å². The quantitative estimate of drug-likeness (QED) is 0.574. The Morgan fingerprint density at radius 2 is 2.08 bits per heavy atom. The van der Waals surface area contributed by atoms with Crippen LogP contribution in [0.15, 0.2) is 28.7 Å². The Hall–Kier alpha value is -1.95. The molecule has 2 aromatic rings. The molecule has 0 saturated carbocycles. The standard InChI is InChI=1S/C18H21BrN2O3/c1-11(9-17(22)14-5-4-6-15(19)10-14)18(23)24-8-7-16-12(2)20-21-13(16)3/h4-6,10-11H,7-9H2,1-3H3,(H,20,21)/t11-/m1/s1. The molecule has 0 radical (unpaired) electrons. The first-order valence-electron chi connectivity index (χ1n) is 7.84. The fourth-order valence-corrected chi connectivity index (χ4v) is 2.88. The maximum Gasteiger partial charge on any atom is 0.309 e. The van der Waals surface area contributed by atoms with Crippen molar-refractivity contribution >= 4 is 27.7 Å². The van der Waals surface area contributed by atoms with Gasteiger partial charge in [0, 0.05) is 28.6 Å². The van der Waals surface area contributed by atoms with Crippen molar-refractivity contribution in [3.63, 3.8) is 0 Å². The van der Waals surface area contributed by atoms with Crippen molar-refractivity contribution in [3.05, 3.63) is 51.3 Å². The van der Waals surface area contributed by atoms with E-state index in [9.17, 15) is 9.59 Å². The molecule has 1 aromatic heterocycles. The highest BCUT2D eigenvalue weighted by molar-refractivity contribution is 9.10. The highest BCUT2D eigenvalue weighted by Crippen LogP contribution is 2.16. The van der Waals surface area contributed by atoms with Crippen LogP contribution < -0.4 is 0 Å². The number of aromatic amines is 1. The summed E-state index contributed by atoms with van der Waals surface area (Å²) in [4.78, 5) is 24.3. The molecule has 0 fully saturated rings. The van der Waals surface area contributed by atoms with E-state index < -0.39 is 5.92 Å². The number of H-pyrrole nitrogens is 1. The third kappa shape index (κ3) is 4.77. The first-order valence-corrected chi connectivity index (χ1v) is 8.63. The van der Waals surface area contributed by atoms with E-state index in [1.807, 2.05) is 19.9 Å². The molecule has 6 heteroatoms. The zero-order chi connectivity index (χ0) is 17.7.